The Morgan fingerprint density at radius 2 is 1.13 bits per heavy atom. The molecule has 3 heteroatoms. The summed E-state index contributed by atoms with van der Waals surface area (Å²) in [5.41, 5.74) is 7.74. The number of thiophene rings is 1. The molecule has 0 N–H and O–H groups in total. The number of fused-ring (bicyclic) bond motifs is 10. The minimum atomic E-state index is 0.930. The van der Waals surface area contributed by atoms with Gasteiger partial charge in [0, 0.05) is 37.6 Å². The van der Waals surface area contributed by atoms with E-state index in [1.807, 2.05) is 11.3 Å². The van der Waals surface area contributed by atoms with Gasteiger partial charge in [0.05, 0.1) is 10.4 Å². The maximum absolute atomic E-state index is 6.69. The Hall–Kier alpha value is -5.90. The minimum absolute atomic E-state index is 0.930. The molecule has 0 radical (unpaired) electrons. The van der Waals surface area contributed by atoms with E-state index in [1.54, 1.807) is 0 Å². The Kier molecular flexibility index (Phi) is 5.78. The highest BCUT2D eigenvalue weighted by atomic mass is 32.1. The second-order valence-corrected chi connectivity index (χ2v) is 13.1. The predicted octanol–water partition coefficient (Wildman–Crippen LogP) is 13.4. The minimum Gasteiger partial charge on any atom is -0.455 e. The van der Waals surface area contributed by atoms with Gasteiger partial charge in [-0.25, -0.2) is 0 Å². The highest BCUT2D eigenvalue weighted by Gasteiger charge is 2.21. The van der Waals surface area contributed by atoms with E-state index in [9.17, 15) is 0 Å². The molecule has 0 spiro atoms. The van der Waals surface area contributed by atoms with Gasteiger partial charge < -0.3 is 9.32 Å². The Balaban J connectivity index is 1.18. The summed E-state index contributed by atoms with van der Waals surface area (Å²) in [6.07, 6.45) is 0. The van der Waals surface area contributed by atoms with Gasteiger partial charge in [0.15, 0.2) is 0 Å². The van der Waals surface area contributed by atoms with Gasteiger partial charge in [0.25, 0.3) is 0 Å². The first-order valence-corrected chi connectivity index (χ1v) is 16.7. The molecule has 8 aromatic carbocycles. The third-order valence-electron chi connectivity index (χ3n) is 9.45. The van der Waals surface area contributed by atoms with Gasteiger partial charge in [0.2, 0.25) is 0 Å². The van der Waals surface area contributed by atoms with E-state index < -0.39 is 0 Å². The highest BCUT2D eigenvalue weighted by molar-refractivity contribution is 7.26. The number of rotatable bonds is 4. The van der Waals surface area contributed by atoms with Crippen LogP contribution in [0, 0.1) is 0 Å². The molecule has 0 unspecified atom stereocenters. The van der Waals surface area contributed by atoms with Crippen LogP contribution in [0.2, 0.25) is 0 Å². The van der Waals surface area contributed by atoms with Crippen LogP contribution in [0.1, 0.15) is 0 Å². The van der Waals surface area contributed by atoms with E-state index >= 15 is 0 Å². The molecule has 0 aliphatic carbocycles. The van der Waals surface area contributed by atoms with Crippen LogP contribution >= 0.6 is 11.3 Å². The van der Waals surface area contributed by atoms with Crippen molar-refractivity contribution in [3.05, 3.63) is 164 Å². The standard InChI is InChI=1S/C44H27NOS/c1-2-13-31(14-3-1)45(32-23-20-30(21-24-32)34-17-8-12-28-10-4-6-15-33(28)34)38-19-9-18-37-42-40(47-44(37)38)27-25-36-41-35-16-7-5-11-29(35)22-26-39(41)46-43(36)42/h1-27H. The van der Waals surface area contributed by atoms with Gasteiger partial charge >= 0.3 is 0 Å². The monoisotopic (exact) mass is 617 g/mol. The van der Waals surface area contributed by atoms with E-state index in [0.717, 1.165) is 28.2 Å². The number of hydrogen-bond acceptors (Lipinski definition) is 3. The zero-order chi connectivity index (χ0) is 30.9. The average molecular weight is 618 g/mol. The van der Waals surface area contributed by atoms with E-state index in [-0.39, 0.29) is 0 Å². The average Bonchev–Trinajstić information content (AvgIpc) is 3.71. The molecule has 0 saturated heterocycles. The number of furan rings is 1. The summed E-state index contributed by atoms with van der Waals surface area (Å²) in [4.78, 5) is 2.38. The number of nitrogens with zero attached hydrogens (tertiary/aromatic N) is 1. The third kappa shape index (κ3) is 4.04. The summed E-state index contributed by atoms with van der Waals surface area (Å²) >= 11 is 1.83. The topological polar surface area (TPSA) is 16.4 Å². The molecular weight excluding hydrogens is 591 g/mol. The van der Waals surface area contributed by atoms with Crippen molar-refractivity contribution in [3.63, 3.8) is 0 Å². The molecule has 2 aromatic heterocycles. The molecule has 2 nitrogen and oxygen atoms in total. The molecule has 0 bridgehead atoms. The van der Waals surface area contributed by atoms with Crippen molar-refractivity contribution < 1.29 is 4.42 Å². The maximum Gasteiger partial charge on any atom is 0.144 e. The van der Waals surface area contributed by atoms with Crippen molar-refractivity contribution in [1.29, 1.82) is 0 Å². The van der Waals surface area contributed by atoms with Crippen LogP contribution in [-0.2, 0) is 0 Å². The summed E-state index contributed by atoms with van der Waals surface area (Å²) in [5, 5.41) is 9.72. The number of benzene rings is 8. The molecule has 0 saturated carbocycles. The van der Waals surface area contributed by atoms with Gasteiger partial charge in [-0.3, -0.25) is 0 Å². The SMILES string of the molecule is c1ccc(N(c2ccc(-c3cccc4ccccc34)cc2)c2cccc3c2sc2ccc4c(oc5ccc6ccccc6c54)c23)cc1. The predicted molar refractivity (Wildman–Crippen MR) is 202 cm³/mol. The Morgan fingerprint density at radius 3 is 1.98 bits per heavy atom. The van der Waals surface area contributed by atoms with Crippen molar-refractivity contribution in [2.75, 3.05) is 4.90 Å². The van der Waals surface area contributed by atoms with Crippen LogP contribution in [-0.4, -0.2) is 0 Å². The van der Waals surface area contributed by atoms with E-state index in [0.29, 0.717) is 0 Å². The normalized spacial score (nSPS) is 11.8. The van der Waals surface area contributed by atoms with Crippen LogP contribution in [0.4, 0.5) is 17.1 Å². The zero-order valence-corrected chi connectivity index (χ0v) is 26.2. The van der Waals surface area contributed by atoms with Gasteiger partial charge in [-0.2, -0.15) is 0 Å². The quantitative estimate of drug-likeness (QED) is 0.195. The van der Waals surface area contributed by atoms with E-state index in [1.165, 1.54) is 63.6 Å². The second-order valence-electron chi connectivity index (χ2n) is 12.1. The maximum atomic E-state index is 6.69. The first-order chi connectivity index (χ1) is 23.3. The largest absolute Gasteiger partial charge is 0.455 e. The first-order valence-electron chi connectivity index (χ1n) is 15.9. The Bertz CT molecular complexity index is 2790. The fourth-order valence-corrected chi connectivity index (χ4v) is 8.52. The van der Waals surface area contributed by atoms with Crippen LogP contribution in [0.15, 0.2) is 168 Å². The molecular formula is C44H27NOS. The molecule has 10 rings (SSSR count). The summed E-state index contributed by atoms with van der Waals surface area (Å²) in [5.74, 6) is 0. The van der Waals surface area contributed by atoms with Crippen molar-refractivity contribution in [3.8, 4) is 11.1 Å². The Labute approximate surface area is 275 Å². The smallest absolute Gasteiger partial charge is 0.144 e. The van der Waals surface area contributed by atoms with Crippen LogP contribution in [0.3, 0.4) is 0 Å². The fraction of sp³-hybridized carbons (Fsp3) is 0. The van der Waals surface area contributed by atoms with Gasteiger partial charge in [0.1, 0.15) is 11.2 Å². The molecule has 0 atom stereocenters. The van der Waals surface area contributed by atoms with E-state index in [2.05, 4.69) is 169 Å². The summed E-state index contributed by atoms with van der Waals surface area (Å²) in [6, 6.07) is 58.8. The van der Waals surface area contributed by atoms with Crippen molar-refractivity contribution in [2.45, 2.75) is 0 Å². The molecule has 0 aliphatic heterocycles. The van der Waals surface area contributed by atoms with Crippen molar-refractivity contribution in [1.82, 2.24) is 0 Å². The lowest BCUT2D eigenvalue weighted by molar-refractivity contribution is 0.673. The van der Waals surface area contributed by atoms with Gasteiger partial charge in [-0.1, -0.05) is 115 Å². The molecule has 10 aromatic rings. The third-order valence-corrected chi connectivity index (χ3v) is 10.6. The zero-order valence-electron chi connectivity index (χ0n) is 25.4. The lowest BCUT2D eigenvalue weighted by atomic mass is 9.98. The number of para-hydroxylation sites is 1. The van der Waals surface area contributed by atoms with Gasteiger partial charge in [-0.15, -0.1) is 11.3 Å². The summed E-state index contributed by atoms with van der Waals surface area (Å²) in [7, 11) is 0. The molecule has 2 heterocycles. The number of anilines is 3. The second kappa shape index (κ2) is 10.3. The molecule has 0 aliphatic rings. The lowest BCUT2D eigenvalue weighted by Crippen LogP contribution is -2.09. The van der Waals surface area contributed by atoms with Crippen LogP contribution in [0.5, 0.6) is 0 Å². The number of hydrogen-bond donors (Lipinski definition) is 0. The van der Waals surface area contributed by atoms with Crippen molar-refractivity contribution >= 4 is 92.1 Å². The Morgan fingerprint density at radius 1 is 0.447 bits per heavy atom. The van der Waals surface area contributed by atoms with Crippen LogP contribution < -0.4 is 4.90 Å². The molecule has 47 heavy (non-hydrogen) atoms. The first kappa shape index (κ1) is 26.3. The molecule has 0 amide bonds. The highest BCUT2D eigenvalue weighted by Crippen LogP contribution is 2.48. The van der Waals surface area contributed by atoms with E-state index in [4.69, 9.17) is 4.42 Å². The van der Waals surface area contributed by atoms with Gasteiger partial charge in [-0.05, 0) is 81.2 Å². The van der Waals surface area contributed by atoms with Crippen molar-refractivity contribution in [2.24, 2.45) is 0 Å². The molecule has 220 valence electrons. The summed E-state index contributed by atoms with van der Waals surface area (Å²) < 4.78 is 9.15. The van der Waals surface area contributed by atoms with Crippen LogP contribution in [0.25, 0.3) is 74.8 Å². The molecule has 0 fully saturated rings. The summed E-state index contributed by atoms with van der Waals surface area (Å²) in [6.45, 7) is 0. The fourth-order valence-electron chi connectivity index (χ4n) is 7.32. The lowest BCUT2D eigenvalue weighted by Gasteiger charge is -2.26.